The molecule has 7 rings (SSSR count). The van der Waals surface area contributed by atoms with Gasteiger partial charge in [0.1, 0.15) is 11.6 Å². The molecule has 7 atom stereocenters. The minimum Gasteiger partial charge on any atom is -0.492 e. The molecule has 0 spiro atoms. The Balaban J connectivity index is 1.19. The van der Waals surface area contributed by atoms with Crippen molar-refractivity contribution < 1.29 is 24.1 Å². The lowest BCUT2D eigenvalue weighted by atomic mass is 9.47. The molecule has 6 nitrogen and oxygen atoms in total. The molecule has 3 fully saturated rings. The van der Waals surface area contributed by atoms with Crippen LogP contribution in [0.5, 0.6) is 17.2 Å². The second kappa shape index (κ2) is 8.75. The summed E-state index contributed by atoms with van der Waals surface area (Å²) in [5.41, 5.74) is 2.87. The molecule has 0 bridgehead atoms. The molecule has 0 radical (unpaired) electrons. The fourth-order valence-corrected chi connectivity index (χ4v) is 9.59. The highest BCUT2D eigenvalue weighted by atomic mass is 16.7. The van der Waals surface area contributed by atoms with Crippen LogP contribution in [0.2, 0.25) is 0 Å². The predicted octanol–water partition coefficient (Wildman–Crippen LogP) is 5.22. The number of carbonyl (C=O) groups excluding carboxylic acids is 1. The number of aliphatic hydroxyl groups is 1. The van der Waals surface area contributed by atoms with Gasteiger partial charge in [0.05, 0.1) is 7.11 Å². The summed E-state index contributed by atoms with van der Waals surface area (Å²) in [6.45, 7) is 5.90. The molecule has 1 N–H and O–H groups in total. The van der Waals surface area contributed by atoms with Crippen LogP contribution >= 0.6 is 0 Å². The van der Waals surface area contributed by atoms with Crippen LogP contribution in [-0.4, -0.2) is 48.9 Å². The van der Waals surface area contributed by atoms with Gasteiger partial charge in [-0.15, -0.1) is 0 Å². The predicted molar refractivity (Wildman–Crippen MR) is 148 cm³/mol. The van der Waals surface area contributed by atoms with Crippen molar-refractivity contribution in [2.75, 3.05) is 27.5 Å². The van der Waals surface area contributed by atoms with Gasteiger partial charge in [-0.3, -0.25) is 9.69 Å². The summed E-state index contributed by atoms with van der Waals surface area (Å²) in [5, 5.41) is 12.0. The highest BCUT2D eigenvalue weighted by Gasteiger charge is 2.60. The summed E-state index contributed by atoms with van der Waals surface area (Å²) in [6.07, 6.45) is 10.5. The number of allylic oxidation sites excluding steroid dienone is 1. The number of carbonyl (C=O) groups is 1. The molecule has 2 heterocycles. The number of nitrogens with zero attached hydrogens (tertiary/aromatic N) is 1. The van der Waals surface area contributed by atoms with E-state index in [0.29, 0.717) is 41.5 Å². The Kier molecular flexibility index (Phi) is 5.72. The first-order valence-electron chi connectivity index (χ1n) is 14.8. The largest absolute Gasteiger partial charge is 0.492 e. The molecule has 39 heavy (non-hydrogen) atoms. The SMILES string of the molecule is COc1c2c(cc3c1C(C#C[C@@]1(O)CC4C5CCC6=CC(=O)CC[C@@]6(C)C5CC[C@]4(C)C1)N(C)CC3)OCO2. The lowest BCUT2D eigenvalue weighted by Gasteiger charge is -2.57. The minimum atomic E-state index is -0.990. The summed E-state index contributed by atoms with van der Waals surface area (Å²) in [7, 11) is 3.77. The van der Waals surface area contributed by atoms with Crippen LogP contribution in [0.15, 0.2) is 17.7 Å². The Bertz CT molecular complexity index is 1320. The number of ketones is 1. The normalized spacial score (nSPS) is 40.4. The van der Waals surface area contributed by atoms with Crippen molar-refractivity contribution >= 4 is 5.78 Å². The molecule has 4 unspecified atom stereocenters. The monoisotopic (exact) mass is 531 g/mol. The smallest absolute Gasteiger partial charge is 0.231 e. The molecule has 0 saturated heterocycles. The van der Waals surface area contributed by atoms with E-state index in [2.05, 4.69) is 43.7 Å². The van der Waals surface area contributed by atoms with Crippen LogP contribution in [-0.2, 0) is 11.2 Å². The number of fused-ring (bicyclic) bond motifs is 7. The first-order chi connectivity index (χ1) is 18.6. The quantitative estimate of drug-likeness (QED) is 0.502. The average molecular weight is 532 g/mol. The van der Waals surface area contributed by atoms with Crippen molar-refractivity contribution in [1.82, 2.24) is 4.90 Å². The van der Waals surface area contributed by atoms with Gasteiger partial charge in [-0.1, -0.05) is 31.3 Å². The molecule has 4 aliphatic carbocycles. The zero-order valence-electron chi connectivity index (χ0n) is 23.8. The van der Waals surface area contributed by atoms with E-state index in [1.807, 2.05) is 6.08 Å². The zero-order chi connectivity index (χ0) is 27.2. The van der Waals surface area contributed by atoms with Gasteiger partial charge in [0.25, 0.3) is 0 Å². The fourth-order valence-electron chi connectivity index (χ4n) is 9.59. The standard InChI is InChI=1S/C33H41NO5/c1-31-11-8-24-23(6-5-21-16-22(35)7-12-32(21,24)2)25(31)17-33(36,18-31)13-9-26-28-20(10-14-34(26)3)15-27-29(30(28)37-4)39-19-38-27/h15-16,23-26,36H,5-8,10-12,14,17-19H2,1-4H3/t23?,24?,25?,26?,31-,32-,33-/m1/s1. The lowest BCUT2D eigenvalue weighted by molar-refractivity contribution is -0.117. The molecular formula is C33H41NO5. The molecule has 1 aromatic rings. The second-order valence-corrected chi connectivity index (χ2v) is 13.7. The molecule has 0 aromatic heterocycles. The second-order valence-electron chi connectivity index (χ2n) is 13.7. The number of hydrogen-bond donors (Lipinski definition) is 1. The lowest BCUT2D eigenvalue weighted by Crippen LogP contribution is -2.49. The van der Waals surface area contributed by atoms with Gasteiger partial charge in [-0.2, -0.15) is 0 Å². The Morgan fingerprint density at radius 2 is 1.97 bits per heavy atom. The fraction of sp³-hybridized carbons (Fsp3) is 0.667. The van der Waals surface area contributed by atoms with Crippen LogP contribution in [0.4, 0.5) is 0 Å². The number of methoxy groups -OCH3 is 1. The highest BCUT2D eigenvalue weighted by Crippen LogP contribution is 2.66. The number of rotatable bonds is 1. The Morgan fingerprint density at radius 3 is 2.79 bits per heavy atom. The first kappa shape index (κ1) is 25.5. The van der Waals surface area contributed by atoms with Crippen molar-refractivity contribution in [2.45, 2.75) is 83.3 Å². The summed E-state index contributed by atoms with van der Waals surface area (Å²) in [6, 6.07) is 1.90. The third-order valence-corrected chi connectivity index (χ3v) is 11.6. The Morgan fingerprint density at radius 1 is 1.13 bits per heavy atom. The molecular weight excluding hydrogens is 490 g/mol. The third kappa shape index (κ3) is 3.79. The zero-order valence-corrected chi connectivity index (χ0v) is 23.8. The number of hydrogen-bond acceptors (Lipinski definition) is 6. The van der Waals surface area contributed by atoms with Gasteiger partial charge >= 0.3 is 0 Å². The Labute approximate surface area is 232 Å². The van der Waals surface area contributed by atoms with E-state index in [9.17, 15) is 9.90 Å². The van der Waals surface area contributed by atoms with E-state index in [0.717, 1.165) is 62.8 Å². The third-order valence-electron chi connectivity index (χ3n) is 11.6. The number of likely N-dealkylation sites (N-methyl/N-ethyl adjacent to an activating group) is 1. The summed E-state index contributed by atoms with van der Waals surface area (Å²) >= 11 is 0. The van der Waals surface area contributed by atoms with Crippen molar-refractivity contribution in [3.63, 3.8) is 0 Å². The van der Waals surface area contributed by atoms with E-state index >= 15 is 0 Å². The van der Waals surface area contributed by atoms with Crippen molar-refractivity contribution in [1.29, 1.82) is 0 Å². The van der Waals surface area contributed by atoms with Crippen LogP contribution in [0.1, 0.15) is 82.4 Å². The highest BCUT2D eigenvalue weighted by molar-refractivity contribution is 5.91. The van der Waals surface area contributed by atoms with E-state index in [4.69, 9.17) is 14.2 Å². The molecule has 1 aromatic carbocycles. The Hall–Kier alpha value is -2.49. The molecule has 3 saturated carbocycles. The van der Waals surface area contributed by atoms with E-state index in [1.165, 1.54) is 17.6 Å². The van der Waals surface area contributed by atoms with Gasteiger partial charge < -0.3 is 19.3 Å². The van der Waals surface area contributed by atoms with Crippen molar-refractivity contribution in [3.8, 4) is 29.1 Å². The topological polar surface area (TPSA) is 68.2 Å². The van der Waals surface area contributed by atoms with E-state index < -0.39 is 5.60 Å². The van der Waals surface area contributed by atoms with Gasteiger partial charge in [0, 0.05) is 18.5 Å². The van der Waals surface area contributed by atoms with Crippen LogP contribution in [0.25, 0.3) is 0 Å². The van der Waals surface area contributed by atoms with Crippen molar-refractivity contribution in [2.24, 2.45) is 28.6 Å². The van der Waals surface area contributed by atoms with Gasteiger partial charge in [-0.05, 0) is 105 Å². The van der Waals surface area contributed by atoms with Crippen molar-refractivity contribution in [3.05, 3.63) is 28.8 Å². The summed E-state index contributed by atoms with van der Waals surface area (Å²) < 4.78 is 17.3. The van der Waals surface area contributed by atoms with E-state index in [1.54, 1.807) is 7.11 Å². The summed E-state index contributed by atoms with van der Waals surface area (Å²) in [4.78, 5) is 14.4. The maximum atomic E-state index is 12.2. The molecule has 0 amide bonds. The van der Waals surface area contributed by atoms with Crippen LogP contribution in [0, 0.1) is 40.4 Å². The molecule has 208 valence electrons. The van der Waals surface area contributed by atoms with Crippen LogP contribution < -0.4 is 14.2 Å². The molecule has 6 aliphatic rings. The first-order valence-corrected chi connectivity index (χ1v) is 14.8. The molecule has 6 heteroatoms. The maximum absolute atomic E-state index is 12.2. The van der Waals surface area contributed by atoms with Crippen LogP contribution in [0.3, 0.4) is 0 Å². The van der Waals surface area contributed by atoms with E-state index in [-0.39, 0.29) is 23.7 Å². The number of ether oxygens (including phenoxy) is 3. The van der Waals surface area contributed by atoms with Gasteiger partial charge in [0.15, 0.2) is 17.3 Å². The maximum Gasteiger partial charge on any atom is 0.231 e. The van der Waals surface area contributed by atoms with Gasteiger partial charge in [-0.25, -0.2) is 0 Å². The number of benzene rings is 1. The average Bonchev–Trinajstić information content (AvgIpc) is 3.48. The summed E-state index contributed by atoms with van der Waals surface area (Å²) in [5.74, 6) is 11.1. The van der Waals surface area contributed by atoms with Gasteiger partial charge in [0.2, 0.25) is 12.5 Å². The molecule has 2 aliphatic heterocycles. The minimum absolute atomic E-state index is 0.104.